The number of ether oxygens (including phenoxy) is 2. The van der Waals surface area contributed by atoms with E-state index in [2.05, 4.69) is 67.4 Å². The Morgan fingerprint density at radius 2 is 1.75 bits per heavy atom. The molecule has 2 aromatic rings. The molecule has 6 heteroatoms. The summed E-state index contributed by atoms with van der Waals surface area (Å²) in [7, 11) is 0. The van der Waals surface area contributed by atoms with Crippen molar-refractivity contribution in [2.75, 3.05) is 50.8 Å². The lowest BCUT2D eigenvalue weighted by atomic mass is 9.75. The van der Waals surface area contributed by atoms with Crippen LogP contribution < -0.4 is 15.0 Å². The molecular formula is C26H32BrN3O2. The molecule has 0 radical (unpaired) electrons. The molecule has 0 bridgehead atoms. The van der Waals surface area contributed by atoms with Gasteiger partial charge in [-0.25, -0.2) is 0 Å². The third-order valence-corrected chi connectivity index (χ3v) is 8.32. The van der Waals surface area contributed by atoms with Crippen LogP contribution in [0, 0.1) is 5.92 Å². The van der Waals surface area contributed by atoms with Crippen LogP contribution in [0.3, 0.4) is 0 Å². The standard InChI is InChI=1S/C26H32BrN3O2/c27-21-3-6-24-26(17-21)32-25-16-19(18-1-4-22-20(15-18)7-8-28-22)2-5-23(25)30(24)10-9-29-11-13-31-14-12-29/h2-3,5-6,16-18,20,22,28H,1,4,7-15H2. The highest BCUT2D eigenvalue weighted by Crippen LogP contribution is 2.49. The highest BCUT2D eigenvalue weighted by Gasteiger charge is 2.35. The van der Waals surface area contributed by atoms with Crippen molar-refractivity contribution in [1.82, 2.24) is 10.2 Å². The Balaban J connectivity index is 1.27. The number of nitrogens with one attached hydrogen (secondary N) is 1. The molecule has 6 rings (SSSR count). The van der Waals surface area contributed by atoms with Gasteiger partial charge in [0.2, 0.25) is 0 Å². The summed E-state index contributed by atoms with van der Waals surface area (Å²) in [5, 5.41) is 3.70. The van der Waals surface area contributed by atoms with E-state index in [1.165, 1.54) is 43.5 Å². The quantitative estimate of drug-likeness (QED) is 0.622. The summed E-state index contributed by atoms with van der Waals surface area (Å²) in [5.74, 6) is 3.43. The summed E-state index contributed by atoms with van der Waals surface area (Å²) in [6, 6.07) is 14.1. The number of halogens is 1. The Kier molecular flexibility index (Phi) is 5.88. The van der Waals surface area contributed by atoms with Crippen LogP contribution in [-0.4, -0.2) is 56.9 Å². The van der Waals surface area contributed by atoms with Crippen molar-refractivity contribution < 1.29 is 9.47 Å². The van der Waals surface area contributed by atoms with Crippen molar-refractivity contribution in [1.29, 1.82) is 0 Å². The normalized spacial score (nSPS) is 27.4. The van der Waals surface area contributed by atoms with Crippen LogP contribution in [0.1, 0.15) is 37.2 Å². The maximum Gasteiger partial charge on any atom is 0.152 e. The molecule has 2 saturated heterocycles. The van der Waals surface area contributed by atoms with E-state index >= 15 is 0 Å². The van der Waals surface area contributed by atoms with Gasteiger partial charge in [-0.2, -0.15) is 0 Å². The number of hydrogen-bond acceptors (Lipinski definition) is 5. The summed E-state index contributed by atoms with van der Waals surface area (Å²) < 4.78 is 13.1. The third kappa shape index (κ3) is 4.07. The summed E-state index contributed by atoms with van der Waals surface area (Å²) in [4.78, 5) is 4.94. The fraction of sp³-hybridized carbons (Fsp3) is 0.538. The zero-order chi connectivity index (χ0) is 21.5. The molecule has 1 N–H and O–H groups in total. The molecule has 3 heterocycles. The maximum absolute atomic E-state index is 6.48. The monoisotopic (exact) mass is 497 g/mol. The van der Waals surface area contributed by atoms with Crippen molar-refractivity contribution in [3.8, 4) is 11.5 Å². The van der Waals surface area contributed by atoms with Gasteiger partial charge in [0.05, 0.1) is 24.6 Å². The van der Waals surface area contributed by atoms with Gasteiger partial charge in [0.15, 0.2) is 11.5 Å². The van der Waals surface area contributed by atoms with Gasteiger partial charge in [-0.05, 0) is 80.0 Å². The number of anilines is 2. The second-order valence-corrected chi connectivity index (χ2v) is 10.6. The average molecular weight is 498 g/mol. The van der Waals surface area contributed by atoms with Crippen molar-refractivity contribution >= 4 is 27.3 Å². The molecule has 1 aliphatic carbocycles. The molecule has 170 valence electrons. The summed E-state index contributed by atoms with van der Waals surface area (Å²) in [6.07, 6.45) is 5.21. The Bertz CT molecular complexity index is 978. The number of hydrogen-bond donors (Lipinski definition) is 1. The maximum atomic E-state index is 6.48. The minimum atomic E-state index is 0.649. The SMILES string of the molecule is Brc1ccc2c(c1)Oc1cc(C3CCC4NCCC4C3)ccc1N2CCN1CCOCC1. The van der Waals surface area contributed by atoms with E-state index in [1.54, 1.807) is 0 Å². The van der Waals surface area contributed by atoms with E-state index in [-0.39, 0.29) is 0 Å². The minimum Gasteiger partial charge on any atom is -0.453 e. The molecular weight excluding hydrogens is 466 g/mol. The highest BCUT2D eigenvalue weighted by atomic mass is 79.9. The molecule has 1 saturated carbocycles. The van der Waals surface area contributed by atoms with Crippen LogP contribution in [0.4, 0.5) is 11.4 Å². The second kappa shape index (κ2) is 8.98. The number of nitrogens with zero attached hydrogens (tertiary/aromatic N) is 2. The Hall–Kier alpha value is -1.60. The van der Waals surface area contributed by atoms with Crippen molar-refractivity contribution in [3.63, 3.8) is 0 Å². The van der Waals surface area contributed by atoms with E-state index in [4.69, 9.17) is 9.47 Å². The first kappa shape index (κ1) is 21.0. The van der Waals surface area contributed by atoms with Crippen molar-refractivity contribution in [2.24, 2.45) is 5.92 Å². The van der Waals surface area contributed by atoms with E-state index in [9.17, 15) is 0 Å². The van der Waals surface area contributed by atoms with E-state index < -0.39 is 0 Å². The topological polar surface area (TPSA) is 37.0 Å². The third-order valence-electron chi connectivity index (χ3n) is 7.83. The lowest BCUT2D eigenvalue weighted by molar-refractivity contribution is 0.0394. The predicted molar refractivity (Wildman–Crippen MR) is 131 cm³/mol. The van der Waals surface area contributed by atoms with Gasteiger partial charge in [-0.15, -0.1) is 0 Å². The van der Waals surface area contributed by atoms with Crippen LogP contribution in [0.2, 0.25) is 0 Å². The Morgan fingerprint density at radius 3 is 2.62 bits per heavy atom. The molecule has 3 unspecified atom stereocenters. The molecule has 3 fully saturated rings. The van der Waals surface area contributed by atoms with Gasteiger partial charge < -0.3 is 19.7 Å². The summed E-state index contributed by atoms with van der Waals surface area (Å²) in [5.41, 5.74) is 3.79. The fourth-order valence-electron chi connectivity index (χ4n) is 6.05. The van der Waals surface area contributed by atoms with Crippen LogP contribution in [0.25, 0.3) is 0 Å². The fourth-order valence-corrected chi connectivity index (χ4v) is 6.39. The van der Waals surface area contributed by atoms with Crippen LogP contribution in [-0.2, 0) is 4.74 Å². The number of fused-ring (bicyclic) bond motifs is 3. The van der Waals surface area contributed by atoms with Gasteiger partial charge in [-0.3, -0.25) is 4.90 Å². The predicted octanol–water partition coefficient (Wildman–Crippen LogP) is 5.27. The molecule has 32 heavy (non-hydrogen) atoms. The van der Waals surface area contributed by atoms with E-state index in [0.717, 1.165) is 73.0 Å². The lowest BCUT2D eigenvalue weighted by Crippen LogP contribution is -2.41. The van der Waals surface area contributed by atoms with E-state index in [0.29, 0.717) is 5.92 Å². The van der Waals surface area contributed by atoms with Gasteiger partial charge in [-0.1, -0.05) is 22.0 Å². The number of morpholine rings is 1. The average Bonchev–Trinajstić information content (AvgIpc) is 3.30. The number of benzene rings is 2. The second-order valence-electron chi connectivity index (χ2n) is 9.67. The lowest BCUT2D eigenvalue weighted by Gasteiger charge is -2.36. The first-order chi connectivity index (χ1) is 15.7. The van der Waals surface area contributed by atoms with Crippen molar-refractivity contribution in [3.05, 3.63) is 46.4 Å². The summed E-state index contributed by atoms with van der Waals surface area (Å²) in [6.45, 7) is 6.88. The van der Waals surface area contributed by atoms with Crippen LogP contribution >= 0.6 is 15.9 Å². The van der Waals surface area contributed by atoms with Crippen LogP contribution in [0.15, 0.2) is 40.9 Å². The van der Waals surface area contributed by atoms with Gasteiger partial charge >= 0.3 is 0 Å². The zero-order valence-electron chi connectivity index (χ0n) is 18.6. The first-order valence-electron chi connectivity index (χ1n) is 12.2. The zero-order valence-corrected chi connectivity index (χ0v) is 20.1. The molecule has 4 aliphatic rings. The molecule has 2 aromatic carbocycles. The van der Waals surface area contributed by atoms with E-state index in [1.807, 2.05) is 0 Å². The van der Waals surface area contributed by atoms with Crippen molar-refractivity contribution in [2.45, 2.75) is 37.6 Å². The Morgan fingerprint density at radius 1 is 0.938 bits per heavy atom. The van der Waals surface area contributed by atoms with Gasteiger partial charge in [0.1, 0.15) is 0 Å². The minimum absolute atomic E-state index is 0.649. The van der Waals surface area contributed by atoms with Gasteiger partial charge in [0, 0.05) is 36.7 Å². The smallest absolute Gasteiger partial charge is 0.152 e. The van der Waals surface area contributed by atoms with Crippen LogP contribution in [0.5, 0.6) is 11.5 Å². The Labute approximate surface area is 199 Å². The number of rotatable bonds is 4. The largest absolute Gasteiger partial charge is 0.453 e. The summed E-state index contributed by atoms with van der Waals surface area (Å²) >= 11 is 3.63. The first-order valence-corrected chi connectivity index (χ1v) is 13.0. The molecule has 0 aromatic heterocycles. The molecule has 3 aliphatic heterocycles. The molecule has 0 amide bonds. The molecule has 0 spiro atoms. The van der Waals surface area contributed by atoms with Gasteiger partial charge in [0.25, 0.3) is 0 Å². The molecule has 5 nitrogen and oxygen atoms in total. The molecule has 3 atom stereocenters. The highest BCUT2D eigenvalue weighted by molar-refractivity contribution is 9.10.